The molecule has 3 rings (SSSR count). The van der Waals surface area contributed by atoms with Crippen LogP contribution in [0.2, 0.25) is 0 Å². The average Bonchev–Trinajstić information content (AvgIpc) is 3.19. The quantitative estimate of drug-likeness (QED) is 0.473. The lowest BCUT2D eigenvalue weighted by atomic mass is 9.74. The van der Waals surface area contributed by atoms with Crippen molar-refractivity contribution in [2.45, 2.75) is 74.8 Å². The molecule has 5 nitrogen and oxygen atoms in total. The summed E-state index contributed by atoms with van der Waals surface area (Å²) in [4.78, 5) is 0. The van der Waals surface area contributed by atoms with Gasteiger partial charge in [-0.2, -0.15) is 13.2 Å². The Balaban J connectivity index is 1.64. The number of nitrogens with one attached hydrogen (secondary N) is 2. The van der Waals surface area contributed by atoms with Crippen LogP contribution in [-0.4, -0.2) is 61.4 Å². The zero-order valence-corrected chi connectivity index (χ0v) is 17.4. The van der Waals surface area contributed by atoms with Gasteiger partial charge in [0, 0.05) is 11.9 Å². The second kappa shape index (κ2) is 10.7. The molecule has 29 heavy (non-hydrogen) atoms. The summed E-state index contributed by atoms with van der Waals surface area (Å²) < 4.78 is 53.7. The Hall–Kier alpha value is -0.560. The van der Waals surface area contributed by atoms with Crippen LogP contribution in [0.25, 0.3) is 0 Å². The minimum Gasteiger partial charge on any atom is -0.375 e. The third-order valence-corrected chi connectivity index (χ3v) is 6.69. The molecule has 0 spiro atoms. The second-order valence-electron chi connectivity index (χ2n) is 8.28. The lowest BCUT2D eigenvalue weighted by Crippen LogP contribution is -2.49. The van der Waals surface area contributed by atoms with Gasteiger partial charge in [0.25, 0.3) is 0 Å². The molecule has 4 atom stereocenters. The lowest BCUT2D eigenvalue weighted by Gasteiger charge is -2.42. The van der Waals surface area contributed by atoms with Gasteiger partial charge in [0.05, 0.1) is 37.6 Å². The van der Waals surface area contributed by atoms with E-state index in [0.717, 1.165) is 25.7 Å². The third kappa shape index (κ3) is 6.71. The molecule has 1 heterocycles. The average molecular weight is 438 g/mol. The Morgan fingerprint density at radius 1 is 1.14 bits per heavy atom. The molecule has 2 N–H and O–H groups in total. The number of hydrazine groups is 1. The minimum absolute atomic E-state index is 0.00854. The molecule has 3 aliphatic rings. The topological polar surface area (TPSA) is 45.8 Å². The van der Waals surface area contributed by atoms with E-state index in [1.165, 1.54) is 0 Å². The number of rotatable bonds is 7. The minimum atomic E-state index is -4.30. The predicted molar refractivity (Wildman–Crippen MR) is 105 cm³/mol. The van der Waals surface area contributed by atoms with E-state index < -0.39 is 24.1 Å². The molecule has 4 unspecified atom stereocenters. The Labute approximate surface area is 176 Å². The molecule has 9 heteroatoms. The first-order valence-electron chi connectivity index (χ1n) is 10.5. The Morgan fingerprint density at radius 3 is 2.48 bits per heavy atom. The maximum Gasteiger partial charge on any atom is 0.392 e. The molecule has 1 saturated heterocycles. The molecule has 0 aromatic carbocycles. The SMILES string of the molecule is C#CCOC(CN1CNCN1)C1CCC(OC2CCC(Cl)CC2)CC1C(F)(F)F. The van der Waals surface area contributed by atoms with E-state index in [9.17, 15) is 13.2 Å². The molecule has 0 bridgehead atoms. The van der Waals surface area contributed by atoms with Gasteiger partial charge in [-0.25, -0.2) is 10.4 Å². The van der Waals surface area contributed by atoms with Gasteiger partial charge >= 0.3 is 6.18 Å². The fraction of sp³-hybridized carbons (Fsp3) is 0.900. The highest BCUT2D eigenvalue weighted by molar-refractivity contribution is 6.20. The van der Waals surface area contributed by atoms with Gasteiger partial charge in [-0.1, -0.05) is 5.92 Å². The van der Waals surface area contributed by atoms with Crippen molar-refractivity contribution in [1.82, 2.24) is 15.8 Å². The van der Waals surface area contributed by atoms with Crippen molar-refractivity contribution in [2.75, 3.05) is 26.5 Å². The van der Waals surface area contributed by atoms with E-state index in [0.29, 0.717) is 32.7 Å². The Bertz CT molecular complexity index is 546. The molecule has 0 aromatic rings. The number of alkyl halides is 4. The highest BCUT2D eigenvalue weighted by atomic mass is 35.5. The maximum atomic E-state index is 14.0. The summed E-state index contributed by atoms with van der Waals surface area (Å²) in [5, 5.41) is 5.11. The van der Waals surface area contributed by atoms with E-state index in [-0.39, 0.29) is 30.6 Å². The van der Waals surface area contributed by atoms with Crippen molar-refractivity contribution < 1.29 is 22.6 Å². The zero-order chi connectivity index (χ0) is 20.9. The van der Waals surface area contributed by atoms with E-state index >= 15 is 0 Å². The molecule has 1 aliphatic heterocycles. The first kappa shape index (κ1) is 23.1. The van der Waals surface area contributed by atoms with Crippen molar-refractivity contribution in [3.05, 3.63) is 0 Å². The van der Waals surface area contributed by atoms with E-state index in [1.807, 2.05) is 5.01 Å². The van der Waals surface area contributed by atoms with Crippen LogP contribution in [0, 0.1) is 24.2 Å². The molecule has 2 saturated carbocycles. The van der Waals surface area contributed by atoms with Crippen molar-refractivity contribution in [3.63, 3.8) is 0 Å². The highest BCUT2D eigenvalue weighted by Gasteiger charge is 2.51. The van der Waals surface area contributed by atoms with Crippen LogP contribution >= 0.6 is 11.6 Å². The van der Waals surface area contributed by atoms with Gasteiger partial charge < -0.3 is 9.47 Å². The molecule has 166 valence electrons. The maximum absolute atomic E-state index is 14.0. The van der Waals surface area contributed by atoms with Crippen LogP contribution < -0.4 is 10.7 Å². The zero-order valence-electron chi connectivity index (χ0n) is 16.6. The first-order chi connectivity index (χ1) is 13.9. The summed E-state index contributed by atoms with van der Waals surface area (Å²) in [5.41, 5.74) is 3.10. The largest absolute Gasteiger partial charge is 0.392 e. The van der Waals surface area contributed by atoms with Gasteiger partial charge in [0.1, 0.15) is 6.61 Å². The fourth-order valence-corrected chi connectivity index (χ4v) is 5.01. The number of hydrogen-bond donors (Lipinski definition) is 2. The summed E-state index contributed by atoms with van der Waals surface area (Å²) in [6.07, 6.45) is 4.46. The van der Waals surface area contributed by atoms with Crippen molar-refractivity contribution in [1.29, 1.82) is 0 Å². The summed E-state index contributed by atoms with van der Waals surface area (Å²) in [5.74, 6) is 0.299. The van der Waals surface area contributed by atoms with Gasteiger partial charge in [-0.15, -0.1) is 18.0 Å². The standard InChI is InChI=1S/C20H31ClF3N3O2/c1-2-9-28-19(11-27-13-25-12-26-27)17-8-7-16(10-18(17)20(22,23)24)29-15-5-3-14(21)4-6-15/h1,14-19,25-26H,3-13H2. The molecular weight excluding hydrogens is 407 g/mol. The molecule has 3 fully saturated rings. The van der Waals surface area contributed by atoms with Crippen LogP contribution in [0.5, 0.6) is 0 Å². The van der Waals surface area contributed by atoms with E-state index in [2.05, 4.69) is 16.7 Å². The van der Waals surface area contributed by atoms with Crippen LogP contribution in [0.1, 0.15) is 44.9 Å². The van der Waals surface area contributed by atoms with Crippen LogP contribution in [0.15, 0.2) is 0 Å². The normalized spacial score (nSPS) is 35.3. The molecule has 2 aliphatic carbocycles. The third-order valence-electron chi connectivity index (χ3n) is 6.25. The molecule has 0 amide bonds. The second-order valence-corrected chi connectivity index (χ2v) is 8.89. The molecular formula is C20H31ClF3N3O2. The van der Waals surface area contributed by atoms with Gasteiger partial charge in [0.15, 0.2) is 0 Å². The van der Waals surface area contributed by atoms with Gasteiger partial charge in [0.2, 0.25) is 0 Å². The Morgan fingerprint density at radius 2 is 1.86 bits per heavy atom. The van der Waals surface area contributed by atoms with Crippen molar-refractivity contribution in [3.8, 4) is 12.3 Å². The molecule has 0 radical (unpaired) electrons. The summed E-state index contributed by atoms with van der Waals surface area (Å²) in [6, 6.07) is 0. The monoisotopic (exact) mass is 437 g/mol. The smallest absolute Gasteiger partial charge is 0.375 e. The number of halogens is 4. The van der Waals surface area contributed by atoms with Crippen LogP contribution in [0.3, 0.4) is 0 Å². The first-order valence-corrected chi connectivity index (χ1v) is 10.9. The summed E-state index contributed by atoms with van der Waals surface area (Å²) in [6.45, 7) is 1.52. The van der Waals surface area contributed by atoms with Crippen LogP contribution in [-0.2, 0) is 9.47 Å². The summed E-state index contributed by atoms with van der Waals surface area (Å²) >= 11 is 6.13. The highest BCUT2D eigenvalue weighted by Crippen LogP contribution is 2.45. The fourth-order valence-electron chi connectivity index (χ4n) is 4.76. The number of terminal acetylenes is 1. The summed E-state index contributed by atoms with van der Waals surface area (Å²) in [7, 11) is 0. The van der Waals surface area contributed by atoms with Crippen molar-refractivity contribution >= 4 is 11.6 Å². The lowest BCUT2D eigenvalue weighted by molar-refractivity contribution is -0.225. The predicted octanol–water partition coefficient (Wildman–Crippen LogP) is 3.24. The number of nitrogens with zero attached hydrogens (tertiary/aromatic N) is 1. The number of hydrogen-bond acceptors (Lipinski definition) is 5. The van der Waals surface area contributed by atoms with E-state index in [1.54, 1.807) is 0 Å². The van der Waals surface area contributed by atoms with Crippen molar-refractivity contribution in [2.24, 2.45) is 11.8 Å². The number of ether oxygens (including phenoxy) is 2. The van der Waals surface area contributed by atoms with E-state index in [4.69, 9.17) is 27.5 Å². The van der Waals surface area contributed by atoms with Crippen LogP contribution in [0.4, 0.5) is 13.2 Å². The Kier molecular flexibility index (Phi) is 8.49. The van der Waals surface area contributed by atoms with Gasteiger partial charge in [-0.3, -0.25) is 5.32 Å². The molecule has 0 aromatic heterocycles. The van der Waals surface area contributed by atoms with Gasteiger partial charge in [-0.05, 0) is 50.9 Å².